The summed E-state index contributed by atoms with van der Waals surface area (Å²) in [4.78, 5) is 22.6. The Bertz CT molecular complexity index is 526. The third-order valence-electron chi connectivity index (χ3n) is 2.36. The number of aliphatic hydroxyl groups is 1. The standard InChI is InChI=1S/C13H15NO6/c14-9(5-6-15)13(19)20-12(18)4-2-8-1-3-10(16)11(17)7-8/h1-4,7,9,15-17H,5-6,14H2/t9-/m0/s1. The molecule has 0 aliphatic carbocycles. The van der Waals surface area contributed by atoms with E-state index in [4.69, 9.17) is 15.9 Å². The Morgan fingerprint density at radius 3 is 2.60 bits per heavy atom. The number of aliphatic hydroxyl groups excluding tert-OH is 1. The van der Waals surface area contributed by atoms with Crippen LogP contribution in [0.3, 0.4) is 0 Å². The van der Waals surface area contributed by atoms with Crippen molar-refractivity contribution in [3.63, 3.8) is 0 Å². The van der Waals surface area contributed by atoms with Crippen LogP contribution in [0.2, 0.25) is 0 Å². The number of phenolic OH excluding ortho intramolecular Hbond substituents is 2. The molecule has 1 atom stereocenters. The summed E-state index contributed by atoms with van der Waals surface area (Å²) in [6, 6.07) is 2.88. The molecule has 0 bridgehead atoms. The highest BCUT2D eigenvalue weighted by Gasteiger charge is 2.16. The fraction of sp³-hybridized carbons (Fsp3) is 0.231. The molecule has 1 rings (SSSR count). The molecule has 0 amide bonds. The van der Waals surface area contributed by atoms with Gasteiger partial charge in [0.05, 0.1) is 0 Å². The van der Waals surface area contributed by atoms with Gasteiger partial charge in [-0.2, -0.15) is 0 Å². The Labute approximate surface area is 114 Å². The van der Waals surface area contributed by atoms with Crippen molar-refractivity contribution in [3.8, 4) is 11.5 Å². The van der Waals surface area contributed by atoms with E-state index in [1.165, 1.54) is 24.3 Å². The fourth-order valence-corrected chi connectivity index (χ4v) is 1.27. The topological polar surface area (TPSA) is 130 Å². The van der Waals surface area contributed by atoms with Crippen LogP contribution in [-0.4, -0.2) is 39.9 Å². The quantitative estimate of drug-likeness (QED) is 0.256. The number of hydrogen-bond acceptors (Lipinski definition) is 7. The second-order valence-electron chi connectivity index (χ2n) is 3.94. The molecule has 0 unspecified atom stereocenters. The minimum absolute atomic E-state index is 0.00165. The van der Waals surface area contributed by atoms with Crippen molar-refractivity contribution in [1.82, 2.24) is 0 Å². The highest BCUT2D eigenvalue weighted by Crippen LogP contribution is 2.25. The number of benzene rings is 1. The number of esters is 2. The van der Waals surface area contributed by atoms with Crippen molar-refractivity contribution < 1.29 is 29.6 Å². The molecule has 1 aromatic carbocycles. The highest BCUT2D eigenvalue weighted by atomic mass is 16.6. The van der Waals surface area contributed by atoms with Gasteiger partial charge in [-0.25, -0.2) is 9.59 Å². The third kappa shape index (κ3) is 4.71. The molecule has 0 radical (unpaired) electrons. The first kappa shape index (κ1) is 15.7. The lowest BCUT2D eigenvalue weighted by atomic mass is 10.2. The molecule has 0 aromatic heterocycles. The van der Waals surface area contributed by atoms with Gasteiger partial charge in [-0.3, -0.25) is 0 Å². The molecule has 0 saturated carbocycles. The summed E-state index contributed by atoms with van der Waals surface area (Å²) in [5.74, 6) is -2.46. The van der Waals surface area contributed by atoms with Crippen LogP contribution in [0.4, 0.5) is 0 Å². The SMILES string of the molecule is N[C@@H](CCO)C(=O)OC(=O)C=Cc1ccc(O)c(O)c1. The summed E-state index contributed by atoms with van der Waals surface area (Å²) in [7, 11) is 0. The maximum Gasteiger partial charge on any atom is 0.338 e. The van der Waals surface area contributed by atoms with Crippen molar-refractivity contribution in [1.29, 1.82) is 0 Å². The van der Waals surface area contributed by atoms with E-state index in [0.717, 1.165) is 6.08 Å². The van der Waals surface area contributed by atoms with Crippen LogP contribution in [-0.2, 0) is 14.3 Å². The number of aromatic hydroxyl groups is 2. The van der Waals surface area contributed by atoms with Gasteiger partial charge in [0.2, 0.25) is 0 Å². The number of rotatable bonds is 5. The second kappa shape index (κ2) is 7.27. The number of carbonyl (C=O) groups is 2. The molecule has 5 N–H and O–H groups in total. The van der Waals surface area contributed by atoms with Crippen molar-refractivity contribution in [2.45, 2.75) is 12.5 Å². The van der Waals surface area contributed by atoms with E-state index in [-0.39, 0.29) is 24.5 Å². The van der Waals surface area contributed by atoms with Gasteiger partial charge in [0.1, 0.15) is 6.04 Å². The second-order valence-corrected chi connectivity index (χ2v) is 3.94. The predicted octanol–water partition coefficient (Wildman–Crippen LogP) is -0.109. The largest absolute Gasteiger partial charge is 0.504 e. The molecule has 0 spiro atoms. The zero-order valence-corrected chi connectivity index (χ0v) is 10.5. The molecule has 1 aromatic rings. The first-order chi connectivity index (χ1) is 9.43. The van der Waals surface area contributed by atoms with Gasteiger partial charge in [-0.1, -0.05) is 6.07 Å². The van der Waals surface area contributed by atoms with E-state index in [1.54, 1.807) is 0 Å². The predicted molar refractivity (Wildman–Crippen MR) is 69.6 cm³/mol. The Morgan fingerprint density at radius 2 is 2.00 bits per heavy atom. The number of phenols is 2. The van der Waals surface area contributed by atoms with E-state index in [9.17, 15) is 14.7 Å². The van der Waals surface area contributed by atoms with Gasteiger partial charge in [-0.05, 0) is 30.2 Å². The Hall–Kier alpha value is -2.38. The average molecular weight is 281 g/mol. The van der Waals surface area contributed by atoms with E-state index >= 15 is 0 Å². The van der Waals surface area contributed by atoms with Gasteiger partial charge in [0.15, 0.2) is 11.5 Å². The lowest BCUT2D eigenvalue weighted by Gasteiger charge is -2.06. The summed E-state index contributed by atoms with van der Waals surface area (Å²) in [6.07, 6.45) is 2.28. The van der Waals surface area contributed by atoms with Crippen molar-refractivity contribution in [2.75, 3.05) is 6.61 Å². The maximum absolute atomic E-state index is 11.3. The zero-order valence-electron chi connectivity index (χ0n) is 10.5. The first-order valence-corrected chi connectivity index (χ1v) is 5.76. The molecular weight excluding hydrogens is 266 g/mol. The van der Waals surface area contributed by atoms with Gasteiger partial charge in [-0.15, -0.1) is 0 Å². The Morgan fingerprint density at radius 1 is 1.30 bits per heavy atom. The molecule has 7 nitrogen and oxygen atoms in total. The van der Waals surface area contributed by atoms with Gasteiger partial charge in [0, 0.05) is 12.7 Å². The van der Waals surface area contributed by atoms with E-state index in [0.29, 0.717) is 5.56 Å². The van der Waals surface area contributed by atoms with Gasteiger partial charge < -0.3 is 25.8 Å². The summed E-state index contributed by atoms with van der Waals surface area (Å²) in [6.45, 7) is -0.285. The molecular formula is C13H15NO6. The van der Waals surface area contributed by atoms with Crippen molar-refractivity contribution in [3.05, 3.63) is 29.8 Å². The molecule has 0 aliphatic heterocycles. The number of carbonyl (C=O) groups excluding carboxylic acids is 2. The molecule has 0 saturated heterocycles. The lowest BCUT2D eigenvalue weighted by molar-refractivity contribution is -0.157. The minimum atomic E-state index is -1.06. The Kier molecular flexibility index (Phi) is 5.70. The number of nitrogens with two attached hydrogens (primary N) is 1. The number of ether oxygens (including phenoxy) is 1. The van der Waals surface area contributed by atoms with E-state index < -0.39 is 18.0 Å². The lowest BCUT2D eigenvalue weighted by Crippen LogP contribution is -2.34. The van der Waals surface area contributed by atoms with Crippen LogP contribution in [0, 0.1) is 0 Å². The van der Waals surface area contributed by atoms with Crippen LogP contribution in [0.1, 0.15) is 12.0 Å². The third-order valence-corrected chi connectivity index (χ3v) is 2.36. The van der Waals surface area contributed by atoms with Crippen LogP contribution in [0.15, 0.2) is 24.3 Å². The van der Waals surface area contributed by atoms with E-state index in [1.807, 2.05) is 0 Å². The van der Waals surface area contributed by atoms with E-state index in [2.05, 4.69) is 4.74 Å². The maximum atomic E-state index is 11.3. The molecule has 0 aliphatic rings. The smallest absolute Gasteiger partial charge is 0.338 e. The summed E-state index contributed by atoms with van der Waals surface area (Å²) in [5.41, 5.74) is 5.78. The van der Waals surface area contributed by atoms with Gasteiger partial charge in [0.25, 0.3) is 0 Å². The monoisotopic (exact) mass is 281 g/mol. The van der Waals surface area contributed by atoms with Crippen LogP contribution in [0.5, 0.6) is 11.5 Å². The molecule has 0 fully saturated rings. The average Bonchev–Trinajstić information content (AvgIpc) is 2.40. The summed E-state index contributed by atoms with van der Waals surface area (Å²) in [5, 5.41) is 26.9. The molecule has 20 heavy (non-hydrogen) atoms. The molecule has 0 heterocycles. The molecule has 7 heteroatoms. The number of hydrogen-bond donors (Lipinski definition) is 4. The molecule has 108 valence electrons. The van der Waals surface area contributed by atoms with Crippen molar-refractivity contribution in [2.24, 2.45) is 5.73 Å². The van der Waals surface area contributed by atoms with Crippen LogP contribution < -0.4 is 5.73 Å². The summed E-state index contributed by atoms with van der Waals surface area (Å²) >= 11 is 0. The summed E-state index contributed by atoms with van der Waals surface area (Å²) < 4.78 is 4.43. The highest BCUT2D eigenvalue weighted by molar-refractivity contribution is 5.96. The minimum Gasteiger partial charge on any atom is -0.504 e. The van der Waals surface area contributed by atoms with Crippen LogP contribution >= 0.6 is 0 Å². The Balaban J connectivity index is 2.59. The first-order valence-electron chi connectivity index (χ1n) is 5.76. The van der Waals surface area contributed by atoms with Crippen molar-refractivity contribution >= 4 is 18.0 Å². The zero-order chi connectivity index (χ0) is 15.1. The fourth-order valence-electron chi connectivity index (χ4n) is 1.27. The normalized spacial score (nSPS) is 12.3. The van der Waals surface area contributed by atoms with Crippen LogP contribution in [0.25, 0.3) is 6.08 Å². The van der Waals surface area contributed by atoms with Gasteiger partial charge >= 0.3 is 11.9 Å².